The molecular weight excluding hydrogens is 853 g/mol. The Morgan fingerprint density at radius 1 is 0.859 bits per heavy atom. The second-order valence-electron chi connectivity index (χ2n) is 17.9. The summed E-state index contributed by atoms with van der Waals surface area (Å²) in [6, 6.07) is 22.3. The van der Waals surface area contributed by atoms with Crippen LogP contribution in [0.4, 0.5) is 11.6 Å². The van der Waals surface area contributed by atoms with Gasteiger partial charge in [0.15, 0.2) is 5.75 Å². The first-order valence-electron chi connectivity index (χ1n) is 22.2. The average Bonchev–Trinajstić information content (AvgIpc) is 3.62. The Labute approximate surface area is 384 Å². The molecule has 3 amide bonds. The molecule has 14 nitrogen and oxygen atoms in total. The predicted molar refractivity (Wildman–Crippen MR) is 244 cm³/mol. The van der Waals surface area contributed by atoms with Gasteiger partial charge in [-0.1, -0.05) is 37.6 Å². The number of likely N-dealkylation sites (tertiary alicyclic amines) is 1. The summed E-state index contributed by atoms with van der Waals surface area (Å²) in [5, 5.41) is 12.5. The number of imide groups is 1. The van der Waals surface area contributed by atoms with Gasteiger partial charge in [0.25, 0.3) is 5.91 Å². The summed E-state index contributed by atoms with van der Waals surface area (Å²) in [6.07, 6.45) is 4.75. The van der Waals surface area contributed by atoms with Gasteiger partial charge in [0, 0.05) is 100 Å². The Morgan fingerprint density at radius 3 is 2.33 bits per heavy atom. The number of aromatic nitrogens is 2. The van der Waals surface area contributed by atoms with E-state index in [2.05, 4.69) is 55.9 Å². The number of nitrogens with one attached hydrogen (secondary N) is 1. The standard InChI is InChI=1S/C48H53Cl2N9O5/c1-48(2,34-23-31(26-51)44(41(50)25-34)63-22-14-49)33-3-6-39(7-4-33)64-30-35-11-15-52-47(53-35)57-20-18-56(19-21-57)36-12-16-55(17-13-36)38-28-58(29-38)37-5-8-40-32(24-37)27-59(46(40)62)42-9-10-43(60)54-45(42)61/h3-8,11,15,23-25,36,38,42H,9-10,12-14,16-22,27-30H2,1-2H3,(H,54,60,61). The van der Waals surface area contributed by atoms with Crippen molar-refractivity contribution in [2.45, 2.75) is 76.2 Å². The van der Waals surface area contributed by atoms with Crippen LogP contribution in [-0.2, 0) is 28.2 Å². The number of amides is 3. The minimum Gasteiger partial charge on any atom is -0.489 e. The number of piperidine rings is 2. The van der Waals surface area contributed by atoms with Crippen molar-refractivity contribution in [2.75, 3.05) is 74.6 Å². The molecule has 3 aromatic carbocycles. The average molecular weight is 907 g/mol. The summed E-state index contributed by atoms with van der Waals surface area (Å²) < 4.78 is 11.8. The third kappa shape index (κ3) is 8.96. The van der Waals surface area contributed by atoms with Gasteiger partial charge in [-0.15, -0.1) is 11.6 Å². The molecule has 5 aliphatic rings. The van der Waals surface area contributed by atoms with Gasteiger partial charge < -0.3 is 24.2 Å². The number of alkyl halides is 1. The molecule has 0 bridgehead atoms. The van der Waals surface area contributed by atoms with Crippen molar-refractivity contribution in [3.05, 3.63) is 105 Å². The molecule has 1 atom stereocenters. The zero-order valence-corrected chi connectivity index (χ0v) is 37.8. The van der Waals surface area contributed by atoms with Gasteiger partial charge in [-0.3, -0.25) is 29.5 Å². The molecular formula is C48H53Cl2N9O5. The van der Waals surface area contributed by atoms with Gasteiger partial charge in [-0.2, -0.15) is 5.26 Å². The molecule has 0 saturated carbocycles. The largest absolute Gasteiger partial charge is 0.489 e. The van der Waals surface area contributed by atoms with Gasteiger partial charge in [-0.05, 0) is 84.5 Å². The topological polar surface area (TPSA) is 147 Å². The van der Waals surface area contributed by atoms with Crippen molar-refractivity contribution in [1.82, 2.24) is 30.0 Å². The number of carbonyl (C=O) groups excluding carboxylic acids is 3. The second-order valence-corrected chi connectivity index (χ2v) is 18.6. The van der Waals surface area contributed by atoms with Crippen LogP contribution in [0.2, 0.25) is 5.02 Å². The number of hydrogen-bond donors (Lipinski definition) is 1. The fraction of sp³-hybridized carbons (Fsp3) is 0.458. The van der Waals surface area contributed by atoms with Crippen LogP contribution in [0.3, 0.4) is 0 Å². The predicted octanol–water partition coefficient (Wildman–Crippen LogP) is 5.76. The minimum absolute atomic E-state index is 0.134. The molecule has 5 aliphatic heterocycles. The molecule has 6 heterocycles. The molecule has 0 spiro atoms. The minimum atomic E-state index is -0.598. The summed E-state index contributed by atoms with van der Waals surface area (Å²) in [7, 11) is 0. The highest BCUT2D eigenvalue weighted by Crippen LogP contribution is 2.39. The molecule has 16 heteroatoms. The quantitative estimate of drug-likeness (QED) is 0.129. The van der Waals surface area contributed by atoms with E-state index in [1.165, 1.54) is 0 Å². The molecule has 1 aromatic heterocycles. The van der Waals surface area contributed by atoms with E-state index < -0.39 is 11.5 Å². The van der Waals surface area contributed by atoms with Crippen molar-refractivity contribution < 1.29 is 23.9 Å². The van der Waals surface area contributed by atoms with E-state index in [0.717, 1.165) is 105 Å². The highest BCUT2D eigenvalue weighted by molar-refractivity contribution is 6.32. The molecule has 4 fully saturated rings. The molecule has 4 saturated heterocycles. The number of benzene rings is 3. The number of ether oxygens (including phenoxy) is 2. The monoisotopic (exact) mass is 905 g/mol. The van der Waals surface area contributed by atoms with E-state index in [1.54, 1.807) is 4.90 Å². The van der Waals surface area contributed by atoms with E-state index in [0.29, 0.717) is 59.4 Å². The van der Waals surface area contributed by atoms with Gasteiger partial charge >= 0.3 is 0 Å². The van der Waals surface area contributed by atoms with Gasteiger partial charge in [0.05, 0.1) is 22.2 Å². The second kappa shape index (κ2) is 18.6. The Bertz CT molecular complexity index is 2440. The van der Waals surface area contributed by atoms with Crippen LogP contribution in [0.1, 0.15) is 77.8 Å². The molecule has 0 aliphatic carbocycles. The lowest BCUT2D eigenvalue weighted by molar-refractivity contribution is -0.136. The van der Waals surface area contributed by atoms with Crippen LogP contribution in [0.25, 0.3) is 0 Å². The number of anilines is 2. The van der Waals surface area contributed by atoms with Crippen LogP contribution >= 0.6 is 23.2 Å². The van der Waals surface area contributed by atoms with Crippen LogP contribution in [0, 0.1) is 11.3 Å². The summed E-state index contributed by atoms with van der Waals surface area (Å²) in [5.41, 5.74) is 5.42. The Kier molecular flexibility index (Phi) is 12.7. The van der Waals surface area contributed by atoms with E-state index >= 15 is 0 Å². The number of rotatable bonds is 13. The molecule has 1 N–H and O–H groups in total. The lowest BCUT2D eigenvalue weighted by Crippen LogP contribution is -2.62. The lowest BCUT2D eigenvalue weighted by Gasteiger charge is -2.50. The zero-order chi connectivity index (χ0) is 44.5. The maximum Gasteiger partial charge on any atom is 0.255 e. The van der Waals surface area contributed by atoms with E-state index in [4.69, 9.17) is 37.7 Å². The van der Waals surface area contributed by atoms with Crippen LogP contribution in [0.5, 0.6) is 11.5 Å². The third-order valence-electron chi connectivity index (χ3n) is 13.7. The number of piperazine rings is 1. The van der Waals surface area contributed by atoms with Crippen molar-refractivity contribution in [2.24, 2.45) is 0 Å². The van der Waals surface area contributed by atoms with Crippen molar-refractivity contribution >= 4 is 52.6 Å². The van der Waals surface area contributed by atoms with Crippen molar-refractivity contribution in [1.29, 1.82) is 5.26 Å². The van der Waals surface area contributed by atoms with Crippen LogP contribution in [0.15, 0.2) is 66.9 Å². The highest BCUT2D eigenvalue weighted by atomic mass is 35.5. The van der Waals surface area contributed by atoms with E-state index in [-0.39, 0.29) is 30.7 Å². The van der Waals surface area contributed by atoms with Gasteiger partial charge in [0.1, 0.15) is 31.1 Å². The van der Waals surface area contributed by atoms with Crippen LogP contribution < -0.4 is 24.6 Å². The highest BCUT2D eigenvalue weighted by Gasteiger charge is 2.41. The normalized spacial score (nSPS) is 20.2. The first-order valence-corrected chi connectivity index (χ1v) is 23.1. The lowest BCUT2D eigenvalue weighted by atomic mass is 9.77. The Hall–Kier alpha value is -5.46. The molecule has 334 valence electrons. The number of nitrogens with zero attached hydrogens (tertiary/aromatic N) is 8. The Balaban J connectivity index is 0.712. The zero-order valence-electron chi connectivity index (χ0n) is 36.3. The first-order chi connectivity index (χ1) is 31.0. The Morgan fingerprint density at radius 2 is 1.61 bits per heavy atom. The number of nitriles is 1. The fourth-order valence-corrected chi connectivity index (χ4v) is 10.1. The maximum atomic E-state index is 13.2. The number of halogens is 2. The number of hydrogen-bond acceptors (Lipinski definition) is 12. The number of fused-ring (bicyclic) bond motifs is 1. The summed E-state index contributed by atoms with van der Waals surface area (Å²) in [6.45, 7) is 13.0. The summed E-state index contributed by atoms with van der Waals surface area (Å²) >= 11 is 12.3. The fourth-order valence-electron chi connectivity index (χ4n) is 9.79. The van der Waals surface area contributed by atoms with E-state index in [1.807, 2.05) is 60.8 Å². The maximum absolute atomic E-state index is 13.2. The van der Waals surface area contributed by atoms with E-state index in [9.17, 15) is 19.6 Å². The third-order valence-corrected chi connectivity index (χ3v) is 14.2. The smallest absolute Gasteiger partial charge is 0.255 e. The number of carbonyl (C=O) groups is 3. The SMILES string of the molecule is CC(C)(c1ccc(OCc2ccnc(N3CCN(C4CCN(C5CN(c6ccc7c(c6)CN(C6CCC(=O)NC6=O)C7=O)C5)CC4)CC3)n2)cc1)c1cc(Cl)c(OCCCl)c(C#N)c1. The van der Waals surface area contributed by atoms with Gasteiger partial charge in [-0.25, -0.2) is 9.97 Å². The first kappa shape index (κ1) is 43.8. The summed E-state index contributed by atoms with van der Waals surface area (Å²) in [5.74, 6) is 1.33. The molecule has 9 rings (SSSR count). The van der Waals surface area contributed by atoms with Crippen molar-refractivity contribution in [3.8, 4) is 17.6 Å². The molecule has 0 radical (unpaired) electrons. The molecule has 1 unspecified atom stereocenters. The van der Waals surface area contributed by atoms with Gasteiger partial charge in [0.2, 0.25) is 17.8 Å². The van der Waals surface area contributed by atoms with Crippen LogP contribution in [-0.4, -0.2) is 125 Å². The molecule has 64 heavy (non-hydrogen) atoms. The molecule has 4 aromatic rings. The van der Waals surface area contributed by atoms with Crippen molar-refractivity contribution in [3.63, 3.8) is 0 Å². The summed E-state index contributed by atoms with van der Waals surface area (Å²) in [4.78, 5) is 58.3.